The minimum absolute atomic E-state index is 0. The molecule has 5 rings (SSSR count). The monoisotopic (exact) mass is 683 g/mol. The second kappa shape index (κ2) is 12.8. The zero-order chi connectivity index (χ0) is 26.5. The predicted octanol–water partition coefficient (Wildman–Crippen LogP) is 8.60. The molecular formula is C33H32IrNO3-. The van der Waals surface area contributed by atoms with E-state index in [1.165, 1.54) is 17.2 Å². The maximum Gasteiger partial charge on any atom is 0.161 e. The van der Waals surface area contributed by atoms with Crippen LogP contribution in [0.25, 0.3) is 33.5 Å². The molecule has 4 aromatic rings. The van der Waals surface area contributed by atoms with Gasteiger partial charge in [-0.15, -0.1) is 24.3 Å². The number of aliphatic hydroxyl groups is 1. The number of hydrogen-bond acceptors (Lipinski definition) is 4. The quantitative estimate of drug-likeness (QED) is 0.117. The van der Waals surface area contributed by atoms with Crippen LogP contribution in [0.2, 0.25) is 0 Å². The van der Waals surface area contributed by atoms with E-state index < -0.39 is 0 Å². The number of hydrogen-bond donors (Lipinski definition) is 1. The average molecular weight is 683 g/mol. The van der Waals surface area contributed by atoms with Crippen molar-refractivity contribution >= 4 is 5.78 Å². The normalized spacial score (nSPS) is 11.6. The number of allylic oxidation sites excluding steroid dienone is 2. The number of nitrogens with zero attached hydrogens (tertiary/aromatic N) is 1. The summed E-state index contributed by atoms with van der Waals surface area (Å²) in [6.07, 6.45) is 3.25. The van der Waals surface area contributed by atoms with Gasteiger partial charge >= 0.3 is 0 Å². The first-order valence-electron chi connectivity index (χ1n) is 12.5. The van der Waals surface area contributed by atoms with E-state index in [9.17, 15) is 9.90 Å². The van der Waals surface area contributed by atoms with Gasteiger partial charge in [-0.25, -0.2) is 0 Å². The molecule has 3 aromatic carbocycles. The number of aliphatic hydroxyl groups excluding tert-OH is 1. The van der Waals surface area contributed by atoms with Gasteiger partial charge in [0.2, 0.25) is 0 Å². The third kappa shape index (κ3) is 6.66. The molecule has 0 unspecified atom stereocenters. The molecule has 1 aromatic heterocycles. The molecule has 1 aliphatic heterocycles. The van der Waals surface area contributed by atoms with Gasteiger partial charge < -0.3 is 14.8 Å². The number of ketones is 1. The second-order valence-electron chi connectivity index (χ2n) is 9.78. The SMILES string of the molecule is CC(C)C(=O)C=C(O)C(C)C.Cc1cccc(-c2cnc3c(c2)-c2ccccc2Oc2ccc[c-]c2-3)c1.[Ir]. The first kappa shape index (κ1) is 29.0. The van der Waals surface area contributed by atoms with Crippen LogP contribution in [-0.2, 0) is 24.9 Å². The topological polar surface area (TPSA) is 59.4 Å². The third-order valence-electron chi connectivity index (χ3n) is 6.14. The van der Waals surface area contributed by atoms with Crippen molar-refractivity contribution in [3.05, 3.63) is 102 Å². The van der Waals surface area contributed by atoms with Crippen LogP contribution in [0.5, 0.6) is 11.5 Å². The molecule has 2 heterocycles. The van der Waals surface area contributed by atoms with Crippen molar-refractivity contribution in [2.45, 2.75) is 34.6 Å². The Kier molecular flexibility index (Phi) is 9.79. The smallest absolute Gasteiger partial charge is 0.161 e. The van der Waals surface area contributed by atoms with Crippen LogP contribution in [0.3, 0.4) is 0 Å². The Morgan fingerprint density at radius 3 is 2.34 bits per heavy atom. The maximum atomic E-state index is 11.0. The molecule has 1 aliphatic rings. The Labute approximate surface area is 238 Å². The van der Waals surface area contributed by atoms with E-state index in [0.29, 0.717) is 0 Å². The van der Waals surface area contributed by atoms with Crippen LogP contribution in [0, 0.1) is 24.8 Å². The Morgan fingerprint density at radius 2 is 1.63 bits per heavy atom. The Balaban J connectivity index is 0.000000287. The summed E-state index contributed by atoms with van der Waals surface area (Å²) in [7, 11) is 0. The van der Waals surface area contributed by atoms with Crippen molar-refractivity contribution in [2.24, 2.45) is 11.8 Å². The molecule has 0 atom stereocenters. The molecule has 0 fully saturated rings. The fourth-order valence-electron chi connectivity index (χ4n) is 3.92. The standard InChI is InChI=1S/C24H16NO.C9H16O2.Ir/c1-16-7-6-8-17(13-16)18-14-21-19-9-2-4-11-22(19)26-23-12-5-3-10-20(23)24(21)25-15-18;1-6(2)8(10)5-9(11)7(3)4;/h2-9,11-15H,1H3;5-7,10H,1-4H3;/q-1;;. The van der Waals surface area contributed by atoms with E-state index in [0.717, 1.165) is 39.4 Å². The van der Waals surface area contributed by atoms with E-state index >= 15 is 0 Å². The first-order chi connectivity index (χ1) is 17.7. The number of rotatable bonds is 4. The first-order valence-corrected chi connectivity index (χ1v) is 12.5. The van der Waals surface area contributed by atoms with Crippen molar-refractivity contribution < 1.29 is 34.7 Å². The minimum Gasteiger partial charge on any atom is -0.512 e. The molecule has 197 valence electrons. The van der Waals surface area contributed by atoms with Gasteiger partial charge in [0.25, 0.3) is 0 Å². The Bertz CT molecular complexity index is 1460. The van der Waals surface area contributed by atoms with Crippen LogP contribution in [0.4, 0.5) is 0 Å². The number of pyridine rings is 1. The summed E-state index contributed by atoms with van der Waals surface area (Å²) in [6, 6.07) is 27.9. The van der Waals surface area contributed by atoms with Crippen LogP contribution < -0.4 is 4.74 Å². The van der Waals surface area contributed by atoms with E-state index in [1.54, 1.807) is 0 Å². The number of para-hydroxylation sites is 1. The fourth-order valence-corrected chi connectivity index (χ4v) is 3.92. The fraction of sp³-hybridized carbons (Fsp3) is 0.212. The van der Waals surface area contributed by atoms with Crippen molar-refractivity contribution in [3.8, 4) is 45.0 Å². The summed E-state index contributed by atoms with van der Waals surface area (Å²) in [5.74, 6) is 1.79. The summed E-state index contributed by atoms with van der Waals surface area (Å²) in [5, 5.41) is 9.19. The van der Waals surface area contributed by atoms with Crippen molar-refractivity contribution in [1.82, 2.24) is 4.98 Å². The van der Waals surface area contributed by atoms with Crippen LogP contribution >= 0.6 is 0 Å². The van der Waals surface area contributed by atoms with Gasteiger partial charge in [-0.1, -0.05) is 87.4 Å². The van der Waals surface area contributed by atoms with Gasteiger partial charge in [-0.3, -0.25) is 4.79 Å². The molecule has 0 spiro atoms. The van der Waals surface area contributed by atoms with Gasteiger partial charge in [0.05, 0.1) is 5.76 Å². The summed E-state index contributed by atoms with van der Waals surface area (Å²) in [4.78, 5) is 15.8. The Morgan fingerprint density at radius 1 is 0.895 bits per heavy atom. The summed E-state index contributed by atoms with van der Waals surface area (Å²) < 4.78 is 6.18. The molecule has 0 aliphatic carbocycles. The second-order valence-corrected chi connectivity index (χ2v) is 9.78. The van der Waals surface area contributed by atoms with Gasteiger partial charge in [0.1, 0.15) is 5.75 Å². The van der Waals surface area contributed by atoms with Crippen LogP contribution in [-0.4, -0.2) is 15.9 Å². The largest absolute Gasteiger partial charge is 0.512 e. The molecule has 1 radical (unpaired) electrons. The van der Waals surface area contributed by atoms with Crippen LogP contribution in [0.1, 0.15) is 33.3 Å². The van der Waals surface area contributed by atoms with Gasteiger partial charge in [-0.05, 0) is 35.4 Å². The molecule has 0 amide bonds. The minimum atomic E-state index is -0.0316. The Hall–Kier alpha value is -3.53. The molecule has 0 bridgehead atoms. The van der Waals surface area contributed by atoms with Gasteiger partial charge in [0.15, 0.2) is 5.78 Å². The zero-order valence-electron chi connectivity index (χ0n) is 22.3. The maximum absolute atomic E-state index is 11.0. The number of fused-ring (bicyclic) bond motifs is 5. The molecule has 0 saturated carbocycles. The van der Waals surface area contributed by atoms with Crippen molar-refractivity contribution in [1.29, 1.82) is 0 Å². The van der Waals surface area contributed by atoms with Crippen molar-refractivity contribution in [3.63, 3.8) is 0 Å². The number of benzene rings is 3. The number of ether oxygens (including phenoxy) is 1. The molecular weight excluding hydrogens is 651 g/mol. The summed E-state index contributed by atoms with van der Waals surface area (Å²) >= 11 is 0. The summed E-state index contributed by atoms with van der Waals surface area (Å²) in [5.41, 5.74) is 7.42. The zero-order valence-corrected chi connectivity index (χ0v) is 24.7. The third-order valence-corrected chi connectivity index (χ3v) is 6.14. The van der Waals surface area contributed by atoms with Gasteiger partial charge in [-0.2, -0.15) is 0 Å². The molecule has 1 N–H and O–H groups in total. The van der Waals surface area contributed by atoms with E-state index in [1.807, 2.05) is 70.3 Å². The number of aromatic nitrogens is 1. The number of aryl methyl sites for hydroxylation is 1. The number of carbonyl (C=O) groups excluding carboxylic acids is 1. The van der Waals surface area contributed by atoms with E-state index in [-0.39, 0.29) is 43.5 Å². The molecule has 5 heteroatoms. The molecule has 0 saturated heterocycles. The summed E-state index contributed by atoms with van der Waals surface area (Å²) in [6.45, 7) is 9.42. The van der Waals surface area contributed by atoms with Gasteiger partial charge in [0, 0.05) is 55.5 Å². The average Bonchev–Trinajstić information content (AvgIpc) is 3.03. The molecule has 4 nitrogen and oxygen atoms in total. The number of carbonyl (C=O) groups is 1. The van der Waals surface area contributed by atoms with Crippen LogP contribution in [0.15, 0.2) is 90.8 Å². The molecule has 38 heavy (non-hydrogen) atoms. The van der Waals surface area contributed by atoms with Crippen molar-refractivity contribution in [2.75, 3.05) is 0 Å². The van der Waals surface area contributed by atoms with E-state index in [2.05, 4.69) is 49.4 Å². The van der Waals surface area contributed by atoms with E-state index in [4.69, 9.17) is 9.72 Å². The predicted molar refractivity (Wildman–Crippen MR) is 150 cm³/mol.